The number of methoxy groups -OCH3 is 1. The van der Waals surface area contributed by atoms with E-state index in [4.69, 9.17) is 9.47 Å². The Morgan fingerprint density at radius 3 is 2.60 bits per heavy atom. The summed E-state index contributed by atoms with van der Waals surface area (Å²) >= 11 is 0.806. The fourth-order valence-corrected chi connectivity index (χ4v) is 4.44. The second-order valence-corrected chi connectivity index (χ2v) is 9.45. The molecule has 1 aliphatic rings. The van der Waals surface area contributed by atoms with Crippen LogP contribution in [0, 0.1) is 5.92 Å². The van der Waals surface area contributed by atoms with E-state index in [1.54, 1.807) is 37.5 Å². The van der Waals surface area contributed by atoms with Gasteiger partial charge in [-0.3, -0.25) is 19.3 Å². The van der Waals surface area contributed by atoms with Crippen LogP contribution < -0.4 is 14.8 Å². The molecule has 1 fully saturated rings. The van der Waals surface area contributed by atoms with Gasteiger partial charge >= 0.3 is 0 Å². The second kappa shape index (κ2) is 10.7. The molecule has 0 spiro atoms. The van der Waals surface area contributed by atoms with Crippen LogP contribution in [-0.2, 0) is 9.59 Å². The highest BCUT2D eigenvalue weighted by Crippen LogP contribution is 2.34. The van der Waals surface area contributed by atoms with Crippen LogP contribution in [0.5, 0.6) is 11.5 Å². The Hall–Kier alpha value is -3.78. The molecule has 0 bridgehead atoms. The normalized spacial score (nSPS) is 14.7. The molecule has 1 aliphatic heterocycles. The van der Waals surface area contributed by atoms with Gasteiger partial charge in [0, 0.05) is 11.1 Å². The molecule has 0 aromatic heterocycles. The van der Waals surface area contributed by atoms with E-state index in [1.165, 1.54) is 0 Å². The van der Waals surface area contributed by atoms with Gasteiger partial charge in [-0.1, -0.05) is 56.3 Å². The first kappa shape index (κ1) is 24.3. The fourth-order valence-electron chi connectivity index (χ4n) is 3.61. The van der Waals surface area contributed by atoms with Crippen molar-refractivity contribution in [3.8, 4) is 11.5 Å². The van der Waals surface area contributed by atoms with E-state index in [0.29, 0.717) is 35.3 Å². The summed E-state index contributed by atoms with van der Waals surface area (Å²) in [5, 5.41) is 4.19. The van der Waals surface area contributed by atoms with Gasteiger partial charge < -0.3 is 14.8 Å². The topological polar surface area (TPSA) is 84.9 Å². The lowest BCUT2D eigenvalue weighted by molar-refractivity contribution is -0.127. The van der Waals surface area contributed by atoms with Crippen molar-refractivity contribution in [1.29, 1.82) is 0 Å². The largest absolute Gasteiger partial charge is 0.493 e. The van der Waals surface area contributed by atoms with Crippen LogP contribution in [0.1, 0.15) is 19.4 Å². The number of amides is 3. The van der Waals surface area contributed by atoms with E-state index < -0.39 is 17.1 Å². The third kappa shape index (κ3) is 5.66. The maximum atomic E-state index is 12.9. The zero-order valence-corrected chi connectivity index (χ0v) is 20.6. The van der Waals surface area contributed by atoms with Gasteiger partial charge in [0.15, 0.2) is 11.5 Å². The first-order chi connectivity index (χ1) is 16.9. The minimum Gasteiger partial charge on any atom is -0.493 e. The van der Waals surface area contributed by atoms with E-state index in [1.807, 2.05) is 36.4 Å². The van der Waals surface area contributed by atoms with Crippen LogP contribution in [0.2, 0.25) is 0 Å². The zero-order chi connectivity index (χ0) is 24.9. The third-order valence-corrected chi connectivity index (χ3v) is 6.20. The van der Waals surface area contributed by atoms with Crippen molar-refractivity contribution in [1.82, 2.24) is 4.90 Å². The number of nitrogens with zero attached hydrogens (tertiary/aromatic N) is 1. The Morgan fingerprint density at radius 1 is 1.06 bits per heavy atom. The average molecular weight is 491 g/mol. The summed E-state index contributed by atoms with van der Waals surface area (Å²) in [5.41, 5.74) is 1.31. The van der Waals surface area contributed by atoms with Gasteiger partial charge in [0.25, 0.3) is 11.1 Å². The zero-order valence-electron chi connectivity index (χ0n) is 19.7. The van der Waals surface area contributed by atoms with Crippen molar-refractivity contribution in [3.63, 3.8) is 0 Å². The number of ether oxygens (including phenoxy) is 2. The quantitative estimate of drug-likeness (QED) is 0.416. The van der Waals surface area contributed by atoms with Crippen molar-refractivity contribution in [2.75, 3.05) is 25.6 Å². The summed E-state index contributed by atoms with van der Waals surface area (Å²) in [6.45, 7) is 4.30. The molecule has 0 aliphatic carbocycles. The molecular weight excluding hydrogens is 464 g/mol. The molecule has 1 heterocycles. The number of hydrogen-bond donors (Lipinski definition) is 1. The molecular formula is C27H26N2O5S. The number of imide groups is 1. The Bertz CT molecular complexity index is 1310. The number of hydrogen-bond acceptors (Lipinski definition) is 6. The average Bonchev–Trinajstić information content (AvgIpc) is 3.10. The molecule has 0 unspecified atom stereocenters. The third-order valence-electron chi connectivity index (χ3n) is 5.30. The van der Waals surface area contributed by atoms with Gasteiger partial charge in [0.1, 0.15) is 6.54 Å². The van der Waals surface area contributed by atoms with Crippen LogP contribution in [-0.4, -0.2) is 42.2 Å². The number of carbonyl (C=O) groups is 3. The van der Waals surface area contributed by atoms with Gasteiger partial charge in [0.2, 0.25) is 5.91 Å². The van der Waals surface area contributed by atoms with Gasteiger partial charge in [-0.05, 0) is 52.9 Å². The number of nitrogens with one attached hydrogen (secondary N) is 1. The maximum absolute atomic E-state index is 12.9. The van der Waals surface area contributed by atoms with Gasteiger partial charge in [0.05, 0.1) is 18.6 Å². The van der Waals surface area contributed by atoms with Crippen LogP contribution in [0.15, 0.2) is 65.6 Å². The lowest BCUT2D eigenvalue weighted by Crippen LogP contribution is -2.36. The number of thioether (sulfide) groups is 1. The molecule has 180 valence electrons. The van der Waals surface area contributed by atoms with Crippen molar-refractivity contribution >= 4 is 51.4 Å². The molecule has 35 heavy (non-hydrogen) atoms. The van der Waals surface area contributed by atoms with Gasteiger partial charge in [-0.15, -0.1) is 0 Å². The highest BCUT2D eigenvalue weighted by Gasteiger charge is 2.36. The Kier molecular flexibility index (Phi) is 7.41. The van der Waals surface area contributed by atoms with Crippen molar-refractivity contribution in [2.24, 2.45) is 5.92 Å². The fraction of sp³-hybridized carbons (Fsp3) is 0.222. The molecule has 1 saturated heterocycles. The van der Waals surface area contributed by atoms with E-state index >= 15 is 0 Å². The molecule has 8 heteroatoms. The molecule has 4 rings (SSSR count). The van der Waals surface area contributed by atoms with Gasteiger partial charge in [-0.2, -0.15) is 0 Å². The molecule has 3 amide bonds. The number of carbonyl (C=O) groups excluding carboxylic acids is 3. The Labute approximate surface area is 208 Å². The summed E-state index contributed by atoms with van der Waals surface area (Å²) in [6.07, 6.45) is 1.61. The number of rotatable bonds is 8. The van der Waals surface area contributed by atoms with Crippen LogP contribution in [0.4, 0.5) is 10.5 Å². The molecule has 3 aromatic rings. The maximum Gasteiger partial charge on any atom is 0.294 e. The van der Waals surface area contributed by atoms with Crippen LogP contribution >= 0.6 is 11.8 Å². The summed E-state index contributed by atoms with van der Waals surface area (Å²) in [4.78, 5) is 39.3. The van der Waals surface area contributed by atoms with Crippen LogP contribution in [0.3, 0.4) is 0 Å². The highest BCUT2D eigenvalue weighted by atomic mass is 32.2. The van der Waals surface area contributed by atoms with E-state index in [-0.39, 0.29) is 11.4 Å². The lowest BCUT2D eigenvalue weighted by atomic mass is 10.1. The smallest absolute Gasteiger partial charge is 0.294 e. The summed E-state index contributed by atoms with van der Waals surface area (Å²) in [7, 11) is 1.55. The molecule has 3 aromatic carbocycles. The van der Waals surface area contributed by atoms with E-state index in [0.717, 1.165) is 27.4 Å². The molecule has 0 saturated carbocycles. The number of fused-ring (bicyclic) bond motifs is 1. The molecule has 1 N–H and O–H groups in total. The van der Waals surface area contributed by atoms with Crippen molar-refractivity contribution in [3.05, 3.63) is 71.1 Å². The first-order valence-corrected chi connectivity index (χ1v) is 12.0. The Morgan fingerprint density at radius 2 is 1.83 bits per heavy atom. The predicted molar refractivity (Wildman–Crippen MR) is 139 cm³/mol. The van der Waals surface area contributed by atoms with E-state index in [9.17, 15) is 14.4 Å². The minimum absolute atomic E-state index is 0.242. The van der Waals surface area contributed by atoms with E-state index in [2.05, 4.69) is 19.2 Å². The SMILES string of the molecule is COc1cc(/C=C2\SC(=O)N(CC(=O)Nc3cccc4ccccc34)C2=O)ccc1OCC(C)C. The standard InChI is InChI=1S/C27H26N2O5S/c1-17(2)16-34-22-12-11-18(13-23(22)33-3)14-24-26(31)29(27(32)35-24)15-25(30)28-21-10-6-8-19-7-4-5-9-20(19)21/h4-14,17H,15-16H2,1-3H3,(H,28,30)/b24-14-. The number of anilines is 1. The lowest BCUT2D eigenvalue weighted by Gasteiger charge is -2.14. The molecule has 0 atom stereocenters. The predicted octanol–water partition coefficient (Wildman–Crippen LogP) is 5.56. The van der Waals surface area contributed by atoms with Gasteiger partial charge in [-0.25, -0.2) is 0 Å². The highest BCUT2D eigenvalue weighted by molar-refractivity contribution is 8.18. The minimum atomic E-state index is -0.507. The Balaban J connectivity index is 1.46. The number of benzene rings is 3. The van der Waals surface area contributed by atoms with Crippen LogP contribution in [0.25, 0.3) is 16.8 Å². The molecule has 7 nitrogen and oxygen atoms in total. The summed E-state index contributed by atoms with van der Waals surface area (Å²) in [5.74, 6) is 0.555. The van der Waals surface area contributed by atoms with Crippen molar-refractivity contribution < 1.29 is 23.9 Å². The summed E-state index contributed by atoms with van der Waals surface area (Å²) < 4.78 is 11.2. The molecule has 0 radical (unpaired) electrons. The second-order valence-electron chi connectivity index (χ2n) is 8.46. The monoisotopic (exact) mass is 490 g/mol. The first-order valence-electron chi connectivity index (χ1n) is 11.2. The van der Waals surface area contributed by atoms with Crippen molar-refractivity contribution in [2.45, 2.75) is 13.8 Å². The summed E-state index contributed by atoms with van der Waals surface area (Å²) in [6, 6.07) is 18.5.